The van der Waals surface area contributed by atoms with Crippen molar-refractivity contribution in [2.24, 2.45) is 10.7 Å². The number of hydrogen-bond donors (Lipinski definition) is 2. The van der Waals surface area contributed by atoms with Crippen molar-refractivity contribution in [3.8, 4) is 5.75 Å². The van der Waals surface area contributed by atoms with E-state index < -0.39 is 0 Å². The number of nitrogens with zero attached hydrogens (tertiary/aromatic N) is 4. The van der Waals surface area contributed by atoms with E-state index in [0.717, 1.165) is 55.3 Å². The minimum atomic E-state index is 0. The van der Waals surface area contributed by atoms with E-state index >= 15 is 0 Å². The molecule has 1 fully saturated rings. The van der Waals surface area contributed by atoms with Crippen molar-refractivity contribution < 1.29 is 4.74 Å². The van der Waals surface area contributed by atoms with Crippen LogP contribution in [0.15, 0.2) is 47.6 Å². The molecule has 0 aliphatic carbocycles. The Morgan fingerprint density at radius 2 is 2.03 bits per heavy atom. The Hall–Kier alpha value is -2.07. The number of anilines is 1. The largest absolute Gasteiger partial charge is 0.493 e. The predicted molar refractivity (Wildman–Crippen MR) is 127 cm³/mol. The van der Waals surface area contributed by atoms with E-state index in [4.69, 9.17) is 10.5 Å². The first kappa shape index (κ1) is 21.6. The van der Waals surface area contributed by atoms with Crippen molar-refractivity contribution in [2.75, 3.05) is 44.7 Å². The third-order valence-corrected chi connectivity index (χ3v) is 5.35. The van der Waals surface area contributed by atoms with Crippen molar-refractivity contribution in [1.82, 2.24) is 15.2 Å². The summed E-state index contributed by atoms with van der Waals surface area (Å²) in [6.45, 7) is 5.35. The van der Waals surface area contributed by atoms with Crippen molar-refractivity contribution >= 4 is 35.8 Å². The Balaban J connectivity index is 0.00000240. The summed E-state index contributed by atoms with van der Waals surface area (Å²) in [6, 6.07) is 12.3. The van der Waals surface area contributed by atoms with Crippen LogP contribution in [-0.2, 0) is 6.54 Å². The summed E-state index contributed by atoms with van der Waals surface area (Å²) in [5.41, 5.74) is 8.42. The van der Waals surface area contributed by atoms with Gasteiger partial charge in [-0.2, -0.15) is 0 Å². The van der Waals surface area contributed by atoms with Crippen molar-refractivity contribution in [3.05, 3.63) is 53.7 Å². The lowest BCUT2D eigenvalue weighted by atomic mass is 10.0. The van der Waals surface area contributed by atoms with Crippen LogP contribution in [0.1, 0.15) is 23.6 Å². The summed E-state index contributed by atoms with van der Waals surface area (Å²) >= 11 is 0. The highest BCUT2D eigenvalue weighted by Crippen LogP contribution is 2.31. The van der Waals surface area contributed by atoms with E-state index in [1.807, 2.05) is 30.5 Å². The number of fused-ring (bicyclic) bond motifs is 1. The van der Waals surface area contributed by atoms with Crippen LogP contribution in [0, 0.1) is 0 Å². The number of piperazine rings is 1. The van der Waals surface area contributed by atoms with Crippen molar-refractivity contribution in [3.63, 3.8) is 0 Å². The van der Waals surface area contributed by atoms with Crippen molar-refractivity contribution in [1.29, 1.82) is 0 Å². The number of aliphatic imine (C=N–C) groups is 1. The Kier molecular flexibility index (Phi) is 7.54. The maximum absolute atomic E-state index is 6.17. The topological polar surface area (TPSA) is 79.0 Å². The van der Waals surface area contributed by atoms with E-state index in [0.29, 0.717) is 19.1 Å². The Bertz CT molecular complexity index is 837. The number of hydrogen-bond acceptors (Lipinski definition) is 5. The molecule has 4 rings (SSSR count). The minimum Gasteiger partial charge on any atom is -0.493 e. The van der Waals surface area contributed by atoms with Gasteiger partial charge >= 0.3 is 0 Å². The highest BCUT2D eigenvalue weighted by atomic mass is 127. The number of guanidine groups is 1. The third-order valence-electron chi connectivity index (χ3n) is 5.35. The molecule has 0 radical (unpaired) electrons. The molecule has 1 aromatic heterocycles. The number of ether oxygens (including phenoxy) is 1. The van der Waals surface area contributed by atoms with Crippen LogP contribution in [0.2, 0.25) is 0 Å². The molecular formula is C21H29IN6O. The average molecular weight is 508 g/mol. The van der Waals surface area contributed by atoms with Crippen LogP contribution in [0.4, 0.5) is 5.82 Å². The van der Waals surface area contributed by atoms with Gasteiger partial charge < -0.3 is 25.6 Å². The van der Waals surface area contributed by atoms with Gasteiger partial charge in [0.05, 0.1) is 19.2 Å². The molecular weight excluding hydrogens is 479 g/mol. The minimum absolute atomic E-state index is 0. The SMILES string of the molecule is CN1CCN(c2cc(CN=C(N)NC3CCOc4ccccc43)ccn2)CC1.I. The lowest BCUT2D eigenvalue weighted by molar-refractivity contribution is 0.262. The molecule has 29 heavy (non-hydrogen) atoms. The van der Waals surface area contributed by atoms with Crippen LogP contribution < -0.4 is 20.7 Å². The number of para-hydroxylation sites is 1. The van der Waals surface area contributed by atoms with Gasteiger partial charge in [-0.05, 0) is 30.8 Å². The number of halogens is 1. The molecule has 1 atom stereocenters. The molecule has 0 amide bonds. The van der Waals surface area contributed by atoms with E-state index in [9.17, 15) is 0 Å². The Morgan fingerprint density at radius 3 is 2.86 bits per heavy atom. The summed E-state index contributed by atoms with van der Waals surface area (Å²) in [6.07, 6.45) is 2.73. The Labute approximate surface area is 189 Å². The number of rotatable bonds is 4. The number of pyridine rings is 1. The van der Waals surface area contributed by atoms with Gasteiger partial charge in [-0.25, -0.2) is 9.98 Å². The standard InChI is InChI=1S/C21H28N6O.HI/c1-26-9-11-27(12-10-26)20-14-16(6-8-23-20)15-24-21(22)25-18-7-13-28-19-5-3-2-4-17(18)19;/h2-6,8,14,18H,7,9-13,15H2,1H3,(H3,22,24,25);1H. The van der Waals surface area contributed by atoms with Crippen LogP contribution in [0.5, 0.6) is 5.75 Å². The number of likely N-dealkylation sites (N-methyl/N-ethyl adjacent to an activating group) is 1. The summed E-state index contributed by atoms with van der Waals surface area (Å²) in [5, 5.41) is 3.34. The van der Waals surface area contributed by atoms with Gasteiger partial charge in [0.15, 0.2) is 5.96 Å². The van der Waals surface area contributed by atoms with Crippen LogP contribution >= 0.6 is 24.0 Å². The van der Waals surface area contributed by atoms with Gasteiger partial charge in [-0.3, -0.25) is 0 Å². The zero-order valence-corrected chi connectivity index (χ0v) is 19.1. The second-order valence-electron chi connectivity index (χ2n) is 7.39. The maximum Gasteiger partial charge on any atom is 0.189 e. The Morgan fingerprint density at radius 1 is 1.24 bits per heavy atom. The predicted octanol–water partition coefficient (Wildman–Crippen LogP) is 2.38. The zero-order valence-electron chi connectivity index (χ0n) is 16.8. The summed E-state index contributed by atoms with van der Waals surface area (Å²) in [4.78, 5) is 13.7. The van der Waals surface area contributed by atoms with Gasteiger partial charge in [0.1, 0.15) is 11.6 Å². The van der Waals surface area contributed by atoms with E-state index in [2.05, 4.69) is 44.3 Å². The second kappa shape index (κ2) is 10.1. The van der Waals surface area contributed by atoms with Crippen LogP contribution in [-0.4, -0.2) is 55.7 Å². The lowest BCUT2D eigenvalue weighted by Gasteiger charge is -2.33. The number of nitrogens with two attached hydrogens (primary N) is 1. The molecule has 7 nitrogen and oxygen atoms in total. The van der Waals surface area contributed by atoms with Crippen LogP contribution in [0.25, 0.3) is 0 Å². The smallest absolute Gasteiger partial charge is 0.189 e. The fourth-order valence-electron chi connectivity index (χ4n) is 3.66. The van der Waals surface area contributed by atoms with E-state index in [1.54, 1.807) is 0 Å². The zero-order chi connectivity index (χ0) is 19.3. The van der Waals surface area contributed by atoms with E-state index in [-0.39, 0.29) is 30.0 Å². The first-order valence-corrected chi connectivity index (χ1v) is 9.85. The second-order valence-corrected chi connectivity index (χ2v) is 7.39. The molecule has 2 aliphatic heterocycles. The van der Waals surface area contributed by atoms with Gasteiger partial charge in [0.25, 0.3) is 0 Å². The first-order chi connectivity index (χ1) is 13.7. The average Bonchev–Trinajstić information content (AvgIpc) is 2.73. The van der Waals surface area contributed by atoms with Gasteiger partial charge in [-0.1, -0.05) is 18.2 Å². The molecule has 1 aromatic carbocycles. The normalized spacial score (nSPS) is 19.7. The third kappa shape index (κ3) is 5.51. The molecule has 8 heteroatoms. The molecule has 0 spiro atoms. The molecule has 3 heterocycles. The van der Waals surface area contributed by atoms with Crippen molar-refractivity contribution in [2.45, 2.75) is 19.0 Å². The van der Waals surface area contributed by atoms with Gasteiger partial charge in [0, 0.05) is 44.4 Å². The van der Waals surface area contributed by atoms with Gasteiger partial charge in [-0.15, -0.1) is 24.0 Å². The monoisotopic (exact) mass is 508 g/mol. The molecule has 0 bridgehead atoms. The first-order valence-electron chi connectivity index (χ1n) is 9.85. The molecule has 3 N–H and O–H groups in total. The lowest BCUT2D eigenvalue weighted by Crippen LogP contribution is -2.44. The quantitative estimate of drug-likeness (QED) is 0.375. The molecule has 1 saturated heterocycles. The van der Waals surface area contributed by atoms with Crippen LogP contribution in [0.3, 0.4) is 0 Å². The summed E-state index contributed by atoms with van der Waals surface area (Å²) in [5.74, 6) is 2.40. The van der Waals surface area contributed by atoms with E-state index in [1.165, 1.54) is 0 Å². The highest BCUT2D eigenvalue weighted by molar-refractivity contribution is 14.0. The molecule has 2 aliphatic rings. The molecule has 1 unspecified atom stereocenters. The number of benzene rings is 1. The highest BCUT2D eigenvalue weighted by Gasteiger charge is 2.21. The maximum atomic E-state index is 6.17. The summed E-state index contributed by atoms with van der Waals surface area (Å²) < 4.78 is 5.71. The summed E-state index contributed by atoms with van der Waals surface area (Å²) in [7, 11) is 2.16. The molecule has 0 saturated carbocycles. The molecule has 156 valence electrons. The number of nitrogens with one attached hydrogen (secondary N) is 1. The fourth-order valence-corrected chi connectivity index (χ4v) is 3.66. The van der Waals surface area contributed by atoms with Gasteiger partial charge in [0.2, 0.25) is 0 Å². The number of aromatic nitrogens is 1. The fraction of sp³-hybridized carbons (Fsp3) is 0.429. The molecule has 2 aromatic rings.